The van der Waals surface area contributed by atoms with E-state index in [0.29, 0.717) is 0 Å². The number of ketones is 1. The summed E-state index contributed by atoms with van der Waals surface area (Å²) in [5, 5.41) is 69.1. The van der Waals surface area contributed by atoms with Crippen LogP contribution in [0, 0.1) is 12.8 Å². The fourth-order valence-electron chi connectivity index (χ4n) is 14.6. The topological polar surface area (TPSA) is 385 Å². The van der Waals surface area contributed by atoms with Crippen LogP contribution >= 0.6 is 23.2 Å². The highest BCUT2D eigenvalue weighted by Gasteiger charge is 2.73. The number of aromatic hydroxyl groups is 1. The molecule has 0 aliphatic carbocycles. The van der Waals surface area contributed by atoms with Gasteiger partial charge in [-0.05, 0) is 61.0 Å². The summed E-state index contributed by atoms with van der Waals surface area (Å²) < 4.78 is 142. The zero-order valence-electron chi connectivity index (χ0n) is 55.0. The van der Waals surface area contributed by atoms with E-state index >= 15 is 0 Å². The lowest BCUT2D eigenvalue weighted by atomic mass is 9.81. The predicted molar refractivity (Wildman–Crippen MR) is 313 cm³/mol. The zero-order valence-corrected chi connectivity index (χ0v) is 56.5. The first-order valence-corrected chi connectivity index (χ1v) is 32.5. The van der Waals surface area contributed by atoms with E-state index in [1.54, 1.807) is 48.5 Å². The number of fused-ring (bicyclic) bond motifs is 4. The lowest BCUT2D eigenvalue weighted by Crippen LogP contribution is -2.72. The molecule has 538 valence electrons. The Morgan fingerprint density at radius 1 is 0.653 bits per heavy atom. The molecule has 7 unspecified atom stereocenters. The Kier molecular flexibility index (Phi) is 21.9. The molecule has 34 heteroatoms. The van der Waals surface area contributed by atoms with Crippen molar-refractivity contribution >= 4 is 40.9 Å². The molecule has 95 heavy (non-hydrogen) atoms. The van der Waals surface area contributed by atoms with Crippen LogP contribution in [0.15, 0.2) is 0 Å². The summed E-state index contributed by atoms with van der Waals surface area (Å²) in [5.74, 6) is -7.41. The van der Waals surface area contributed by atoms with Crippen LogP contribution in [0.5, 0.6) is 11.5 Å². The first-order chi connectivity index (χ1) is 44.9. The van der Waals surface area contributed by atoms with Gasteiger partial charge in [0.15, 0.2) is 66.4 Å². The number of methoxy groups -OCH3 is 4. The molecule has 1 aromatic rings. The highest BCUT2D eigenvalue weighted by atomic mass is 35.5. The van der Waals surface area contributed by atoms with Gasteiger partial charge in [0.1, 0.15) is 96.2 Å². The second kappa shape index (κ2) is 28.4. The van der Waals surface area contributed by atoms with Crippen LogP contribution in [0.4, 0.5) is 0 Å². The number of carbonyl (C=O) groups excluding carboxylic acids is 3. The van der Waals surface area contributed by atoms with Crippen molar-refractivity contribution in [3.05, 3.63) is 21.2 Å². The maximum absolute atomic E-state index is 13.6. The fourth-order valence-corrected chi connectivity index (χ4v) is 15.1. The first-order valence-electron chi connectivity index (χ1n) is 31.7. The molecule has 0 bridgehead atoms. The molecule has 10 heterocycles. The summed E-state index contributed by atoms with van der Waals surface area (Å²) >= 11 is 12.5. The van der Waals surface area contributed by atoms with Gasteiger partial charge in [-0.15, -0.1) is 0 Å². The summed E-state index contributed by atoms with van der Waals surface area (Å²) in [4.78, 5) is 39.8. The van der Waals surface area contributed by atoms with Gasteiger partial charge in [-0.25, -0.2) is 4.79 Å². The molecule has 0 aromatic heterocycles. The van der Waals surface area contributed by atoms with Gasteiger partial charge in [-0.1, -0.05) is 37.0 Å². The molecule has 2 spiro atoms. The predicted octanol–water partition coefficient (Wildman–Crippen LogP) is 1.05. The average molecular weight is 1400 g/mol. The molecular formula is C61H88Cl2O32. The number of ether oxygens (including phenoxy) is 23. The number of benzene rings is 1. The van der Waals surface area contributed by atoms with Crippen LogP contribution in [-0.4, -0.2) is 286 Å². The molecule has 0 saturated carbocycles. The molecule has 0 amide bonds. The highest BCUT2D eigenvalue weighted by molar-refractivity contribution is 6.39. The van der Waals surface area contributed by atoms with Gasteiger partial charge in [-0.2, -0.15) is 0 Å². The highest BCUT2D eigenvalue weighted by Crippen LogP contribution is 2.53. The molecule has 10 saturated heterocycles. The number of phenols is 1. The maximum Gasteiger partial charge on any atom is 0.342 e. The van der Waals surface area contributed by atoms with Gasteiger partial charge in [0.2, 0.25) is 6.29 Å². The Bertz CT molecular complexity index is 2890. The molecule has 10 fully saturated rings. The van der Waals surface area contributed by atoms with Crippen LogP contribution in [0.2, 0.25) is 10.0 Å². The Morgan fingerprint density at radius 3 is 1.99 bits per heavy atom. The maximum atomic E-state index is 13.6. The Balaban J connectivity index is 0.722. The lowest BCUT2D eigenvalue weighted by Gasteiger charge is -2.49. The van der Waals surface area contributed by atoms with E-state index in [-0.39, 0.29) is 66.2 Å². The molecule has 1 aromatic carbocycles. The van der Waals surface area contributed by atoms with Crippen molar-refractivity contribution in [2.75, 3.05) is 48.4 Å². The third kappa shape index (κ3) is 13.4. The van der Waals surface area contributed by atoms with Gasteiger partial charge in [0, 0.05) is 34.2 Å². The number of aliphatic hydroxyl groups excluding tert-OH is 4. The number of halogens is 2. The molecule has 10 aliphatic heterocycles. The van der Waals surface area contributed by atoms with Gasteiger partial charge in [0.05, 0.1) is 80.4 Å². The van der Waals surface area contributed by atoms with Crippen molar-refractivity contribution in [1.29, 1.82) is 0 Å². The number of Topliss-reactive ketones (excluding diaryl/α,β-unsaturated/α-hetero) is 1. The van der Waals surface area contributed by atoms with Crippen LogP contribution in [0.3, 0.4) is 0 Å². The van der Waals surface area contributed by atoms with Crippen LogP contribution < -0.4 is 4.74 Å². The van der Waals surface area contributed by atoms with Crippen molar-refractivity contribution in [2.45, 2.75) is 277 Å². The Labute approximate surface area is 557 Å². The minimum atomic E-state index is -2.13. The van der Waals surface area contributed by atoms with Gasteiger partial charge in [0.25, 0.3) is 5.97 Å². The zero-order chi connectivity index (χ0) is 68.9. The van der Waals surface area contributed by atoms with Crippen molar-refractivity contribution in [1.82, 2.24) is 0 Å². The van der Waals surface area contributed by atoms with Crippen molar-refractivity contribution in [3.63, 3.8) is 0 Å². The third-order valence-electron chi connectivity index (χ3n) is 19.4. The van der Waals surface area contributed by atoms with Crippen LogP contribution in [0.25, 0.3) is 0 Å². The standard InChI is InChI=1S/C61H88Cl2O32/c1-21(2)53(70)87-49-45-32(92-61(93-45)52-51(78-20-79-52)60(72,27(8)64)28(9)91-61)19-77-56(49)89-57-48(76-14)39(68)44(31(83-57)18-73-11)88-55-40(69)47(43(74-12)24(5)82-55)85-34-17-58(10)50(26(7)81-34)94-59(95-58)16-30(66)42(25(6)90-59)84-33-15-29(65)41(23(4)80-33)86-54(71)35-22(3)36(62)38(67)37(63)46(35)75-13/h21,23-26,28-34,39-45,47-52,55-57,65-69,72H,15-20H2,1-14H3/t23-,24-,25-,26-,28-,29-,30-,31-,32?,33+,34+,39+,40-,41-,42-,43+,44-,45?,47-,48+,49+,50?,51?,52?,55+,56?,57+,58-,59?,60+,61-/m1/s1. The number of carbonyl (C=O) groups is 3. The summed E-state index contributed by atoms with van der Waals surface area (Å²) in [6.07, 6.45) is -32.8. The number of phenolic OH excluding ortho intramolecular Hbond substituents is 1. The Hall–Kier alpha value is -2.99. The second-order valence-corrected chi connectivity index (χ2v) is 27.0. The number of esters is 2. The lowest BCUT2D eigenvalue weighted by molar-refractivity contribution is -0.428. The number of rotatable bonds is 18. The Morgan fingerprint density at radius 2 is 1.34 bits per heavy atom. The van der Waals surface area contributed by atoms with Crippen molar-refractivity contribution in [2.24, 2.45) is 5.92 Å². The van der Waals surface area contributed by atoms with E-state index in [0.717, 1.165) is 0 Å². The van der Waals surface area contributed by atoms with Crippen molar-refractivity contribution < 1.29 is 154 Å². The molecule has 32 nitrogen and oxygen atoms in total. The largest absolute Gasteiger partial charge is 0.505 e. The molecule has 6 N–H and O–H groups in total. The average Bonchev–Trinajstić information content (AvgIpc) is 1.59. The van der Waals surface area contributed by atoms with Crippen molar-refractivity contribution in [3.8, 4) is 11.5 Å². The summed E-state index contributed by atoms with van der Waals surface area (Å²) in [6, 6.07) is 0. The van der Waals surface area contributed by atoms with Gasteiger partial charge < -0.3 is 140 Å². The minimum absolute atomic E-state index is 0.00299. The SMILES string of the molecule is COC[C@H]1O[C@@H](OC2OCC3O[C@]4(OC3[C@@H]2OC(=O)C(C)C)O[C@H](C)[C@@](O)(C(C)=O)C2OCOC24)[C@@H](OC)[C@@H](O)[C@@H]1O[C@@H]1O[C@H](C)[C@H](OC)[C@H](O[C@H]2C[C@@]3(C)OC4(C[C@@H](O)[C@H](O[C@H]5C[C@@H](O)[C@H](OC(=O)c6c(C)c(Cl)c(O)c(Cl)c6OC)[C@@H](C)O5)[C@@H](C)O4)OC3[C@@H](C)O2)[C@H]1O. The summed E-state index contributed by atoms with van der Waals surface area (Å²) in [5.41, 5.74) is -3.34. The second-order valence-electron chi connectivity index (χ2n) is 26.2. The normalized spacial score (nSPS) is 47.3. The smallest absolute Gasteiger partial charge is 0.342 e. The van der Waals surface area contributed by atoms with Gasteiger partial charge >= 0.3 is 17.9 Å². The first kappa shape index (κ1) is 73.2. The molecule has 0 radical (unpaired) electrons. The summed E-state index contributed by atoms with van der Waals surface area (Å²) in [6.45, 7) is 15.0. The van der Waals surface area contributed by atoms with E-state index in [2.05, 4.69) is 0 Å². The number of hydrogen-bond acceptors (Lipinski definition) is 32. The third-order valence-corrected chi connectivity index (χ3v) is 20.2. The van der Waals surface area contributed by atoms with E-state index in [4.69, 9.17) is 132 Å². The molecule has 10 aliphatic rings. The van der Waals surface area contributed by atoms with E-state index < -0.39 is 218 Å². The van der Waals surface area contributed by atoms with Crippen LogP contribution in [-0.2, 0) is 114 Å². The van der Waals surface area contributed by atoms with E-state index in [9.17, 15) is 45.0 Å². The molecule has 11 rings (SSSR count). The molecular weight excluding hydrogens is 1320 g/mol. The quantitative estimate of drug-likeness (QED) is 0.112. The number of hydrogen-bond donors (Lipinski definition) is 6. The fraction of sp³-hybridized carbons (Fsp3) is 0.852. The van der Waals surface area contributed by atoms with E-state index in [1.807, 2.05) is 0 Å². The number of aliphatic hydroxyl groups is 5. The molecule has 31 atom stereocenters. The minimum Gasteiger partial charge on any atom is -0.505 e. The van der Waals surface area contributed by atoms with Gasteiger partial charge in [-0.3, -0.25) is 9.59 Å². The van der Waals surface area contributed by atoms with E-state index in [1.165, 1.54) is 49.2 Å². The monoisotopic (exact) mass is 1400 g/mol. The van der Waals surface area contributed by atoms with Crippen LogP contribution in [0.1, 0.15) is 97.5 Å². The summed E-state index contributed by atoms with van der Waals surface area (Å²) in [7, 11) is 5.35.